The smallest absolute Gasteiger partial charge is 0.267 e. The number of hydrogen-bond donors (Lipinski definition) is 1. The molecule has 3 rings (SSSR count). The number of ketones is 1. The SMILES string of the molecule is CC(=O)c1ccc(NC(=O)C(C)(C)n2nc(-c3ccc(F)cc3)ccc2=O)cc1. The summed E-state index contributed by atoms with van der Waals surface area (Å²) in [6, 6.07) is 15.0. The molecule has 29 heavy (non-hydrogen) atoms. The van der Waals surface area contributed by atoms with Gasteiger partial charge in [-0.3, -0.25) is 14.4 Å². The van der Waals surface area contributed by atoms with Gasteiger partial charge in [-0.25, -0.2) is 9.07 Å². The standard InChI is InChI=1S/C22H20FN3O3/c1-14(27)15-6-10-18(11-7-15)24-21(29)22(2,3)26-20(28)13-12-19(25-26)16-4-8-17(23)9-5-16/h4-13H,1-3H3,(H,24,29). The van der Waals surface area contributed by atoms with Gasteiger partial charge in [-0.05, 0) is 75.4 Å². The summed E-state index contributed by atoms with van der Waals surface area (Å²) in [4.78, 5) is 36.6. The molecule has 0 saturated heterocycles. The van der Waals surface area contributed by atoms with Crippen LogP contribution >= 0.6 is 0 Å². The Morgan fingerprint density at radius 1 is 0.966 bits per heavy atom. The van der Waals surface area contributed by atoms with E-state index in [4.69, 9.17) is 0 Å². The highest BCUT2D eigenvalue weighted by atomic mass is 19.1. The van der Waals surface area contributed by atoms with E-state index in [1.807, 2.05) is 0 Å². The Morgan fingerprint density at radius 3 is 2.17 bits per heavy atom. The number of nitrogens with zero attached hydrogens (tertiary/aromatic N) is 2. The first-order valence-electron chi connectivity index (χ1n) is 8.98. The normalized spacial score (nSPS) is 11.2. The second-order valence-electron chi connectivity index (χ2n) is 7.12. The molecule has 7 heteroatoms. The van der Waals surface area contributed by atoms with Crippen LogP contribution in [0.4, 0.5) is 10.1 Å². The third kappa shape index (κ3) is 4.29. The molecule has 0 atom stereocenters. The molecule has 148 valence electrons. The average molecular weight is 393 g/mol. The van der Waals surface area contributed by atoms with Gasteiger partial charge in [-0.15, -0.1) is 0 Å². The van der Waals surface area contributed by atoms with E-state index < -0.39 is 17.0 Å². The van der Waals surface area contributed by atoms with Crippen molar-refractivity contribution in [2.75, 3.05) is 5.32 Å². The van der Waals surface area contributed by atoms with Crippen molar-refractivity contribution in [2.45, 2.75) is 26.3 Å². The van der Waals surface area contributed by atoms with Gasteiger partial charge in [0.25, 0.3) is 11.5 Å². The van der Waals surface area contributed by atoms with Gasteiger partial charge >= 0.3 is 0 Å². The van der Waals surface area contributed by atoms with Crippen LogP contribution in [0.15, 0.2) is 65.5 Å². The lowest BCUT2D eigenvalue weighted by molar-refractivity contribution is -0.123. The maximum Gasteiger partial charge on any atom is 0.267 e. The minimum absolute atomic E-state index is 0.0726. The quantitative estimate of drug-likeness (QED) is 0.671. The first kappa shape index (κ1) is 20.1. The van der Waals surface area contributed by atoms with E-state index in [0.717, 1.165) is 4.68 Å². The highest BCUT2D eigenvalue weighted by Gasteiger charge is 2.32. The Morgan fingerprint density at radius 2 is 1.59 bits per heavy atom. The number of aromatic nitrogens is 2. The number of hydrogen-bond acceptors (Lipinski definition) is 4. The highest BCUT2D eigenvalue weighted by Crippen LogP contribution is 2.20. The lowest BCUT2D eigenvalue weighted by atomic mass is 10.0. The van der Waals surface area contributed by atoms with Crippen LogP contribution in [0.25, 0.3) is 11.3 Å². The van der Waals surface area contributed by atoms with Gasteiger partial charge in [0.2, 0.25) is 0 Å². The summed E-state index contributed by atoms with van der Waals surface area (Å²) in [7, 11) is 0. The molecule has 0 unspecified atom stereocenters. The fraction of sp³-hybridized carbons (Fsp3) is 0.182. The molecule has 0 aliphatic heterocycles. The maximum absolute atomic E-state index is 13.2. The number of Topliss-reactive ketones (excluding diaryl/α,β-unsaturated/α-hetero) is 1. The number of carbonyl (C=O) groups excluding carboxylic acids is 2. The third-order valence-corrected chi connectivity index (χ3v) is 4.57. The van der Waals surface area contributed by atoms with Crippen LogP contribution in [-0.2, 0) is 10.3 Å². The van der Waals surface area contributed by atoms with Gasteiger partial charge in [-0.2, -0.15) is 5.10 Å². The topological polar surface area (TPSA) is 81.1 Å². The van der Waals surface area contributed by atoms with Crippen molar-refractivity contribution in [3.63, 3.8) is 0 Å². The van der Waals surface area contributed by atoms with Gasteiger partial charge in [0.05, 0.1) is 5.69 Å². The van der Waals surface area contributed by atoms with Crippen LogP contribution < -0.4 is 10.9 Å². The van der Waals surface area contributed by atoms with E-state index in [2.05, 4.69) is 10.4 Å². The summed E-state index contributed by atoms with van der Waals surface area (Å²) in [5.41, 5.74) is 0.352. The molecule has 6 nitrogen and oxygen atoms in total. The number of amides is 1. The second-order valence-corrected chi connectivity index (χ2v) is 7.12. The lowest BCUT2D eigenvalue weighted by Crippen LogP contribution is -2.47. The molecule has 0 spiro atoms. The third-order valence-electron chi connectivity index (χ3n) is 4.57. The van der Waals surface area contributed by atoms with Gasteiger partial charge in [0, 0.05) is 22.9 Å². The van der Waals surface area contributed by atoms with E-state index in [9.17, 15) is 18.8 Å². The summed E-state index contributed by atoms with van der Waals surface area (Å²) in [6.45, 7) is 4.62. The molecule has 0 radical (unpaired) electrons. The van der Waals surface area contributed by atoms with Crippen molar-refractivity contribution < 1.29 is 14.0 Å². The Labute approximate surface area is 167 Å². The zero-order valence-electron chi connectivity index (χ0n) is 16.3. The van der Waals surface area contributed by atoms with E-state index in [1.165, 1.54) is 31.2 Å². The van der Waals surface area contributed by atoms with Gasteiger partial charge in [0.15, 0.2) is 5.78 Å². The van der Waals surface area contributed by atoms with Crippen molar-refractivity contribution in [3.8, 4) is 11.3 Å². The van der Waals surface area contributed by atoms with E-state index in [0.29, 0.717) is 22.5 Å². The summed E-state index contributed by atoms with van der Waals surface area (Å²) >= 11 is 0. The molecule has 0 fully saturated rings. The molecule has 0 aliphatic rings. The largest absolute Gasteiger partial charge is 0.324 e. The molecular formula is C22H20FN3O3. The Bertz CT molecular complexity index is 1120. The molecule has 1 N–H and O–H groups in total. The van der Waals surface area contributed by atoms with Crippen LogP contribution in [-0.4, -0.2) is 21.5 Å². The Hall–Kier alpha value is -3.61. The number of nitrogens with one attached hydrogen (secondary N) is 1. The van der Waals surface area contributed by atoms with Crippen molar-refractivity contribution in [2.24, 2.45) is 0 Å². The fourth-order valence-electron chi connectivity index (χ4n) is 2.75. The molecule has 0 bridgehead atoms. The zero-order chi connectivity index (χ0) is 21.2. The first-order chi connectivity index (χ1) is 13.7. The zero-order valence-corrected chi connectivity index (χ0v) is 16.3. The molecule has 1 amide bonds. The summed E-state index contributed by atoms with van der Waals surface area (Å²) in [6.07, 6.45) is 0. The van der Waals surface area contributed by atoms with Gasteiger partial charge < -0.3 is 5.32 Å². The van der Waals surface area contributed by atoms with E-state index in [-0.39, 0.29) is 11.6 Å². The van der Waals surface area contributed by atoms with Crippen LogP contribution in [0, 0.1) is 5.82 Å². The highest BCUT2D eigenvalue weighted by molar-refractivity contribution is 5.97. The number of rotatable bonds is 5. The predicted molar refractivity (Wildman–Crippen MR) is 108 cm³/mol. The predicted octanol–water partition coefficient (Wildman–Crippen LogP) is 3.63. The summed E-state index contributed by atoms with van der Waals surface area (Å²) in [5.74, 6) is -0.895. The van der Waals surface area contributed by atoms with Gasteiger partial charge in [0.1, 0.15) is 11.4 Å². The van der Waals surface area contributed by atoms with Crippen LogP contribution in [0.3, 0.4) is 0 Å². The number of anilines is 1. The average Bonchev–Trinajstić information content (AvgIpc) is 2.69. The van der Waals surface area contributed by atoms with E-state index in [1.54, 1.807) is 50.2 Å². The Balaban J connectivity index is 1.90. The van der Waals surface area contributed by atoms with Gasteiger partial charge in [-0.1, -0.05) is 0 Å². The molecular weight excluding hydrogens is 373 g/mol. The molecule has 1 aromatic heterocycles. The first-order valence-corrected chi connectivity index (χ1v) is 8.98. The van der Waals surface area contributed by atoms with Crippen LogP contribution in [0.1, 0.15) is 31.1 Å². The number of halogens is 1. The van der Waals surface area contributed by atoms with Crippen LogP contribution in [0.5, 0.6) is 0 Å². The minimum Gasteiger partial charge on any atom is -0.324 e. The van der Waals surface area contributed by atoms with Crippen molar-refractivity contribution in [3.05, 3.63) is 82.4 Å². The van der Waals surface area contributed by atoms with Crippen molar-refractivity contribution in [1.29, 1.82) is 0 Å². The number of carbonyl (C=O) groups is 2. The lowest BCUT2D eigenvalue weighted by Gasteiger charge is -2.25. The molecule has 0 aliphatic carbocycles. The Kier molecular flexibility index (Phi) is 5.41. The molecule has 1 heterocycles. The monoisotopic (exact) mass is 393 g/mol. The summed E-state index contributed by atoms with van der Waals surface area (Å²) in [5, 5.41) is 7.06. The fourth-order valence-corrected chi connectivity index (χ4v) is 2.75. The molecule has 0 saturated carbocycles. The van der Waals surface area contributed by atoms with Crippen LogP contribution in [0.2, 0.25) is 0 Å². The van der Waals surface area contributed by atoms with E-state index >= 15 is 0 Å². The summed E-state index contributed by atoms with van der Waals surface area (Å²) < 4.78 is 14.3. The van der Waals surface area contributed by atoms with Crippen molar-refractivity contribution in [1.82, 2.24) is 9.78 Å². The second kappa shape index (κ2) is 7.79. The number of benzene rings is 2. The van der Waals surface area contributed by atoms with Crippen molar-refractivity contribution >= 4 is 17.4 Å². The maximum atomic E-state index is 13.2. The molecule has 2 aromatic carbocycles. The minimum atomic E-state index is -1.30. The molecule has 3 aromatic rings.